The van der Waals surface area contributed by atoms with Crippen LogP contribution in [0.2, 0.25) is 0 Å². The molecule has 118 valence electrons. The molecule has 3 nitrogen and oxygen atoms in total. The molecule has 4 rings (SSSR count). The molecule has 4 aromatic rings. The average molecular weight is 313 g/mol. The molecule has 0 saturated carbocycles. The highest BCUT2D eigenvalue weighted by Crippen LogP contribution is 2.36. The largest absolute Gasteiger partial charge is 0.275 e. The van der Waals surface area contributed by atoms with Gasteiger partial charge in [-0.25, -0.2) is 0 Å². The van der Waals surface area contributed by atoms with Crippen LogP contribution in [0.1, 0.15) is 11.1 Å². The van der Waals surface area contributed by atoms with Gasteiger partial charge in [0, 0.05) is 30.4 Å². The van der Waals surface area contributed by atoms with Crippen molar-refractivity contribution < 1.29 is 0 Å². The molecule has 0 bridgehead atoms. The number of hydrogen-bond donors (Lipinski definition) is 0. The van der Waals surface area contributed by atoms with Crippen LogP contribution >= 0.6 is 0 Å². The summed E-state index contributed by atoms with van der Waals surface area (Å²) in [5, 5.41) is 5.81. The van der Waals surface area contributed by atoms with Gasteiger partial charge in [-0.3, -0.25) is 9.67 Å². The quantitative estimate of drug-likeness (QED) is 0.526. The van der Waals surface area contributed by atoms with Crippen LogP contribution in [0, 0.1) is 13.8 Å². The number of pyridine rings is 1. The molecule has 0 aliphatic rings. The van der Waals surface area contributed by atoms with E-state index < -0.39 is 0 Å². The van der Waals surface area contributed by atoms with E-state index in [9.17, 15) is 0 Å². The second-order valence-electron chi connectivity index (χ2n) is 6.19. The van der Waals surface area contributed by atoms with Gasteiger partial charge in [-0.15, -0.1) is 0 Å². The molecule has 0 N–H and O–H groups in total. The van der Waals surface area contributed by atoms with Gasteiger partial charge in [0.15, 0.2) is 0 Å². The van der Waals surface area contributed by atoms with Crippen molar-refractivity contribution in [3.05, 3.63) is 72.1 Å². The molecular weight excluding hydrogens is 294 g/mol. The van der Waals surface area contributed by atoms with Gasteiger partial charge in [0.05, 0.1) is 11.2 Å². The fraction of sp³-hybridized carbons (Fsp3) is 0.143. The van der Waals surface area contributed by atoms with Crippen molar-refractivity contribution in [1.29, 1.82) is 0 Å². The number of aryl methyl sites for hydroxylation is 3. The predicted octanol–water partition coefficient (Wildman–Crippen LogP) is 4.92. The Morgan fingerprint density at radius 3 is 2.46 bits per heavy atom. The predicted molar refractivity (Wildman–Crippen MR) is 98.9 cm³/mol. The van der Waals surface area contributed by atoms with Crippen LogP contribution in [-0.2, 0) is 7.05 Å². The standard InChI is InChI=1S/C21H19N3/c1-14-13-19-21(15(2)20(14)18-10-12-24(3)23-18)17(9-11-22-19)16-7-5-4-6-8-16/h4-13H,1-3H3. The van der Waals surface area contributed by atoms with Gasteiger partial charge in [0.2, 0.25) is 0 Å². The lowest BCUT2D eigenvalue weighted by atomic mass is 9.91. The Morgan fingerprint density at radius 1 is 0.958 bits per heavy atom. The first kappa shape index (κ1) is 14.6. The summed E-state index contributed by atoms with van der Waals surface area (Å²) in [7, 11) is 1.95. The Morgan fingerprint density at radius 2 is 1.75 bits per heavy atom. The van der Waals surface area contributed by atoms with E-state index in [2.05, 4.69) is 66.4 Å². The molecule has 0 aliphatic carbocycles. The first-order chi connectivity index (χ1) is 11.6. The molecule has 3 heteroatoms. The van der Waals surface area contributed by atoms with Crippen LogP contribution < -0.4 is 0 Å². The van der Waals surface area contributed by atoms with E-state index in [1.54, 1.807) is 0 Å². The molecule has 24 heavy (non-hydrogen) atoms. The summed E-state index contributed by atoms with van der Waals surface area (Å²) >= 11 is 0. The van der Waals surface area contributed by atoms with E-state index in [-0.39, 0.29) is 0 Å². The lowest BCUT2D eigenvalue weighted by Crippen LogP contribution is -1.96. The van der Waals surface area contributed by atoms with Crippen molar-refractivity contribution in [2.75, 3.05) is 0 Å². The number of hydrogen-bond acceptors (Lipinski definition) is 2. The van der Waals surface area contributed by atoms with Crippen LogP contribution in [0.4, 0.5) is 0 Å². The fourth-order valence-electron chi connectivity index (χ4n) is 3.48. The second kappa shape index (κ2) is 5.60. The summed E-state index contributed by atoms with van der Waals surface area (Å²) in [4.78, 5) is 4.60. The minimum atomic E-state index is 1.01. The van der Waals surface area contributed by atoms with Gasteiger partial charge in [0.25, 0.3) is 0 Å². The first-order valence-corrected chi connectivity index (χ1v) is 8.09. The van der Waals surface area contributed by atoms with E-state index in [0.717, 1.165) is 11.2 Å². The van der Waals surface area contributed by atoms with E-state index in [1.165, 1.54) is 33.2 Å². The van der Waals surface area contributed by atoms with E-state index in [1.807, 2.05) is 30.2 Å². The van der Waals surface area contributed by atoms with Crippen LogP contribution in [0.5, 0.6) is 0 Å². The molecule has 2 aromatic carbocycles. The molecule has 0 fully saturated rings. The van der Waals surface area contributed by atoms with E-state index in [0.29, 0.717) is 0 Å². The summed E-state index contributed by atoms with van der Waals surface area (Å²) in [5.74, 6) is 0. The maximum atomic E-state index is 4.61. The summed E-state index contributed by atoms with van der Waals surface area (Å²) in [5.41, 5.74) is 8.11. The molecule has 0 unspecified atom stereocenters. The Hall–Kier alpha value is -2.94. The zero-order valence-corrected chi connectivity index (χ0v) is 14.1. The van der Waals surface area contributed by atoms with Crippen LogP contribution in [0.3, 0.4) is 0 Å². The molecule has 0 aliphatic heterocycles. The van der Waals surface area contributed by atoms with Gasteiger partial charge in [0.1, 0.15) is 0 Å². The zero-order valence-electron chi connectivity index (χ0n) is 14.1. The summed E-state index contributed by atoms with van der Waals surface area (Å²) in [6, 6.07) is 16.8. The maximum Gasteiger partial charge on any atom is 0.0928 e. The number of benzene rings is 2. The lowest BCUT2D eigenvalue weighted by Gasteiger charge is -2.14. The Kier molecular flexibility index (Phi) is 3.42. The Labute approximate surface area is 141 Å². The molecular formula is C21H19N3. The molecule has 0 atom stereocenters. The number of nitrogens with zero attached hydrogens (tertiary/aromatic N) is 3. The number of rotatable bonds is 2. The van der Waals surface area contributed by atoms with Crippen molar-refractivity contribution in [3.63, 3.8) is 0 Å². The van der Waals surface area contributed by atoms with E-state index in [4.69, 9.17) is 0 Å². The third kappa shape index (κ3) is 2.29. The molecule has 0 saturated heterocycles. The third-order valence-corrected chi connectivity index (χ3v) is 4.53. The third-order valence-electron chi connectivity index (χ3n) is 4.53. The van der Waals surface area contributed by atoms with Gasteiger partial charge >= 0.3 is 0 Å². The Bertz CT molecular complexity index is 1030. The normalized spacial score (nSPS) is 11.1. The van der Waals surface area contributed by atoms with E-state index >= 15 is 0 Å². The SMILES string of the molecule is Cc1cc2nccc(-c3ccccc3)c2c(C)c1-c1ccn(C)n1. The van der Waals surface area contributed by atoms with Gasteiger partial charge < -0.3 is 0 Å². The highest BCUT2D eigenvalue weighted by molar-refractivity contribution is 6.00. The summed E-state index contributed by atoms with van der Waals surface area (Å²) in [6.07, 6.45) is 3.88. The molecule has 0 radical (unpaired) electrons. The van der Waals surface area contributed by atoms with Crippen molar-refractivity contribution in [1.82, 2.24) is 14.8 Å². The Balaban J connectivity index is 2.07. The van der Waals surface area contributed by atoms with Crippen molar-refractivity contribution in [2.45, 2.75) is 13.8 Å². The van der Waals surface area contributed by atoms with Gasteiger partial charge in [-0.05, 0) is 54.3 Å². The monoisotopic (exact) mass is 313 g/mol. The highest BCUT2D eigenvalue weighted by Gasteiger charge is 2.15. The van der Waals surface area contributed by atoms with Crippen LogP contribution in [-0.4, -0.2) is 14.8 Å². The summed E-state index contributed by atoms with van der Waals surface area (Å²) in [6.45, 7) is 4.31. The maximum absolute atomic E-state index is 4.61. The van der Waals surface area contributed by atoms with Gasteiger partial charge in [-0.2, -0.15) is 5.10 Å². The smallest absolute Gasteiger partial charge is 0.0928 e. The first-order valence-electron chi connectivity index (χ1n) is 8.09. The topological polar surface area (TPSA) is 30.7 Å². The van der Waals surface area contributed by atoms with Crippen molar-refractivity contribution in [3.8, 4) is 22.4 Å². The lowest BCUT2D eigenvalue weighted by molar-refractivity contribution is 0.770. The fourth-order valence-corrected chi connectivity index (χ4v) is 3.48. The number of fused-ring (bicyclic) bond motifs is 1. The van der Waals surface area contributed by atoms with Crippen LogP contribution in [0.25, 0.3) is 33.3 Å². The molecule has 0 spiro atoms. The molecule has 0 amide bonds. The summed E-state index contributed by atoms with van der Waals surface area (Å²) < 4.78 is 1.85. The van der Waals surface area contributed by atoms with Gasteiger partial charge in [-0.1, -0.05) is 30.3 Å². The average Bonchev–Trinajstić information content (AvgIpc) is 3.01. The minimum absolute atomic E-state index is 1.01. The molecule has 2 aromatic heterocycles. The number of aromatic nitrogens is 3. The zero-order chi connectivity index (χ0) is 16.7. The molecule has 2 heterocycles. The van der Waals surface area contributed by atoms with Crippen molar-refractivity contribution >= 4 is 10.9 Å². The minimum Gasteiger partial charge on any atom is -0.275 e. The van der Waals surface area contributed by atoms with Crippen LogP contribution in [0.15, 0.2) is 60.9 Å². The second-order valence-corrected chi connectivity index (χ2v) is 6.19. The van der Waals surface area contributed by atoms with Crippen molar-refractivity contribution in [2.24, 2.45) is 7.05 Å². The highest BCUT2D eigenvalue weighted by atomic mass is 15.2.